The molecule has 0 saturated carbocycles. The van der Waals surface area contributed by atoms with Gasteiger partial charge >= 0.3 is 0 Å². The molecule has 122 valence electrons. The van der Waals surface area contributed by atoms with Gasteiger partial charge in [0, 0.05) is 13.1 Å². The maximum absolute atomic E-state index is 11.6. The number of methoxy groups -OCH3 is 1. The maximum atomic E-state index is 11.6. The summed E-state index contributed by atoms with van der Waals surface area (Å²) in [4.78, 5) is 23.2. The first-order chi connectivity index (χ1) is 10.5. The van der Waals surface area contributed by atoms with Gasteiger partial charge in [-0.15, -0.1) is 0 Å². The van der Waals surface area contributed by atoms with Crippen molar-refractivity contribution >= 4 is 11.8 Å². The van der Waals surface area contributed by atoms with Crippen LogP contribution < -0.4 is 15.4 Å². The fourth-order valence-corrected chi connectivity index (χ4v) is 1.91. The largest absolute Gasteiger partial charge is 0.497 e. The third-order valence-corrected chi connectivity index (χ3v) is 3.26. The molecule has 0 heterocycles. The SMILES string of the molecule is COc1ccc(CCNC(=O)CC(=O)NCCC(C)C)cc1. The summed E-state index contributed by atoms with van der Waals surface area (Å²) in [6.45, 7) is 5.33. The van der Waals surface area contributed by atoms with E-state index < -0.39 is 0 Å². The zero-order chi connectivity index (χ0) is 16.4. The third-order valence-electron chi connectivity index (χ3n) is 3.26. The van der Waals surface area contributed by atoms with Gasteiger partial charge in [0.1, 0.15) is 12.2 Å². The molecule has 2 amide bonds. The first-order valence-electron chi connectivity index (χ1n) is 7.67. The molecule has 1 aromatic rings. The van der Waals surface area contributed by atoms with Crippen LogP contribution in [0.15, 0.2) is 24.3 Å². The van der Waals surface area contributed by atoms with Gasteiger partial charge in [0.05, 0.1) is 7.11 Å². The lowest BCUT2D eigenvalue weighted by atomic mass is 10.1. The predicted molar refractivity (Wildman–Crippen MR) is 86.8 cm³/mol. The molecule has 0 unspecified atom stereocenters. The van der Waals surface area contributed by atoms with Crippen LogP contribution in [0.4, 0.5) is 0 Å². The van der Waals surface area contributed by atoms with Gasteiger partial charge in [-0.25, -0.2) is 0 Å². The van der Waals surface area contributed by atoms with Crippen LogP contribution in [0.1, 0.15) is 32.3 Å². The minimum atomic E-state index is -0.240. The normalized spacial score (nSPS) is 10.4. The fraction of sp³-hybridized carbons (Fsp3) is 0.529. The molecule has 0 saturated heterocycles. The number of hydrogen-bond donors (Lipinski definition) is 2. The Balaban J connectivity index is 2.18. The van der Waals surface area contributed by atoms with E-state index in [-0.39, 0.29) is 18.2 Å². The summed E-state index contributed by atoms with van der Waals surface area (Å²) < 4.78 is 5.09. The Morgan fingerprint density at radius 1 is 1.05 bits per heavy atom. The molecule has 1 aromatic carbocycles. The monoisotopic (exact) mass is 306 g/mol. The number of benzene rings is 1. The first-order valence-corrected chi connectivity index (χ1v) is 7.67. The number of nitrogens with one attached hydrogen (secondary N) is 2. The summed E-state index contributed by atoms with van der Waals surface area (Å²) in [5.41, 5.74) is 1.11. The molecular formula is C17H26N2O3. The van der Waals surface area contributed by atoms with E-state index in [0.717, 1.165) is 24.2 Å². The van der Waals surface area contributed by atoms with Crippen molar-refractivity contribution < 1.29 is 14.3 Å². The van der Waals surface area contributed by atoms with E-state index in [1.54, 1.807) is 7.11 Å². The minimum absolute atomic E-state index is 0.110. The van der Waals surface area contributed by atoms with Crippen molar-refractivity contribution in [1.82, 2.24) is 10.6 Å². The lowest BCUT2D eigenvalue weighted by molar-refractivity contribution is -0.129. The summed E-state index contributed by atoms with van der Waals surface area (Å²) in [5, 5.41) is 5.51. The first kappa shape index (κ1) is 18.0. The topological polar surface area (TPSA) is 67.4 Å². The number of ether oxygens (including phenoxy) is 1. The smallest absolute Gasteiger partial charge is 0.229 e. The molecule has 0 aromatic heterocycles. The lowest BCUT2D eigenvalue weighted by Gasteiger charge is -2.08. The molecule has 0 aliphatic rings. The second kappa shape index (κ2) is 9.82. The van der Waals surface area contributed by atoms with Crippen molar-refractivity contribution in [2.45, 2.75) is 33.1 Å². The van der Waals surface area contributed by atoms with Crippen molar-refractivity contribution in [3.05, 3.63) is 29.8 Å². The Bertz CT molecular complexity index is 469. The number of carbonyl (C=O) groups is 2. The quantitative estimate of drug-likeness (QED) is 0.685. The molecule has 1 rings (SSSR count). The Hall–Kier alpha value is -2.04. The summed E-state index contributed by atoms with van der Waals surface area (Å²) in [7, 11) is 1.63. The minimum Gasteiger partial charge on any atom is -0.497 e. The van der Waals surface area contributed by atoms with Crippen LogP contribution in [-0.4, -0.2) is 32.0 Å². The highest BCUT2D eigenvalue weighted by atomic mass is 16.5. The van der Waals surface area contributed by atoms with Crippen molar-refractivity contribution in [3.63, 3.8) is 0 Å². The number of carbonyl (C=O) groups excluding carboxylic acids is 2. The van der Waals surface area contributed by atoms with E-state index in [0.29, 0.717) is 19.0 Å². The molecule has 5 heteroatoms. The Morgan fingerprint density at radius 3 is 2.18 bits per heavy atom. The highest BCUT2D eigenvalue weighted by Crippen LogP contribution is 2.11. The van der Waals surface area contributed by atoms with Gasteiger partial charge in [0.2, 0.25) is 11.8 Å². The van der Waals surface area contributed by atoms with Gasteiger partial charge in [-0.3, -0.25) is 9.59 Å². The molecule has 0 fully saturated rings. The zero-order valence-electron chi connectivity index (χ0n) is 13.6. The van der Waals surface area contributed by atoms with Crippen molar-refractivity contribution in [2.75, 3.05) is 20.2 Å². The van der Waals surface area contributed by atoms with Crippen molar-refractivity contribution in [2.24, 2.45) is 5.92 Å². The van der Waals surface area contributed by atoms with Gasteiger partial charge < -0.3 is 15.4 Å². The van der Waals surface area contributed by atoms with E-state index in [4.69, 9.17) is 4.74 Å². The van der Waals surface area contributed by atoms with E-state index in [1.165, 1.54) is 0 Å². The van der Waals surface area contributed by atoms with Crippen LogP contribution in [0.5, 0.6) is 5.75 Å². The molecule has 2 N–H and O–H groups in total. The Morgan fingerprint density at radius 2 is 1.64 bits per heavy atom. The highest BCUT2D eigenvalue weighted by Gasteiger charge is 2.08. The van der Waals surface area contributed by atoms with E-state index in [9.17, 15) is 9.59 Å². The second-order valence-electron chi connectivity index (χ2n) is 5.66. The summed E-state index contributed by atoms with van der Waals surface area (Å²) in [6, 6.07) is 7.70. The van der Waals surface area contributed by atoms with Crippen LogP contribution in [0.25, 0.3) is 0 Å². The lowest BCUT2D eigenvalue weighted by Crippen LogP contribution is -2.33. The molecular weight excluding hydrogens is 280 g/mol. The van der Waals surface area contributed by atoms with Crippen LogP contribution in [0.3, 0.4) is 0 Å². The van der Waals surface area contributed by atoms with E-state index in [2.05, 4.69) is 24.5 Å². The molecule has 0 bridgehead atoms. The number of hydrogen-bond acceptors (Lipinski definition) is 3. The maximum Gasteiger partial charge on any atom is 0.229 e. The molecule has 0 aliphatic carbocycles. The summed E-state index contributed by atoms with van der Waals surface area (Å²) >= 11 is 0. The average Bonchev–Trinajstić information content (AvgIpc) is 2.47. The molecule has 22 heavy (non-hydrogen) atoms. The molecule has 0 spiro atoms. The van der Waals surface area contributed by atoms with Gasteiger partial charge in [-0.2, -0.15) is 0 Å². The summed E-state index contributed by atoms with van der Waals surface area (Å²) in [5.74, 6) is 0.891. The predicted octanol–water partition coefficient (Wildman–Crippen LogP) is 1.91. The highest BCUT2D eigenvalue weighted by molar-refractivity contribution is 5.96. The van der Waals surface area contributed by atoms with Gasteiger partial charge in [0.15, 0.2) is 0 Å². The van der Waals surface area contributed by atoms with Gasteiger partial charge in [0.25, 0.3) is 0 Å². The number of amides is 2. The summed E-state index contributed by atoms with van der Waals surface area (Å²) in [6.07, 6.45) is 1.54. The molecule has 0 atom stereocenters. The zero-order valence-corrected chi connectivity index (χ0v) is 13.6. The Kier molecular flexibility index (Phi) is 8.04. The van der Waals surface area contributed by atoms with Crippen LogP contribution in [0.2, 0.25) is 0 Å². The van der Waals surface area contributed by atoms with Crippen LogP contribution in [0, 0.1) is 5.92 Å². The van der Waals surface area contributed by atoms with Gasteiger partial charge in [-0.1, -0.05) is 26.0 Å². The molecule has 0 radical (unpaired) electrons. The number of rotatable bonds is 9. The fourth-order valence-electron chi connectivity index (χ4n) is 1.91. The van der Waals surface area contributed by atoms with E-state index in [1.807, 2.05) is 24.3 Å². The third kappa shape index (κ3) is 7.67. The molecule has 0 aliphatic heterocycles. The van der Waals surface area contributed by atoms with Crippen molar-refractivity contribution in [3.8, 4) is 5.75 Å². The van der Waals surface area contributed by atoms with Crippen LogP contribution >= 0.6 is 0 Å². The second-order valence-corrected chi connectivity index (χ2v) is 5.66. The average molecular weight is 306 g/mol. The van der Waals surface area contributed by atoms with Gasteiger partial charge in [-0.05, 0) is 36.5 Å². The van der Waals surface area contributed by atoms with E-state index >= 15 is 0 Å². The standard InChI is InChI=1S/C17H26N2O3/c1-13(2)8-10-18-16(20)12-17(21)19-11-9-14-4-6-15(22-3)7-5-14/h4-7,13H,8-12H2,1-3H3,(H,18,20)(H,19,21). The van der Waals surface area contributed by atoms with Crippen molar-refractivity contribution in [1.29, 1.82) is 0 Å². The van der Waals surface area contributed by atoms with Crippen LogP contribution in [-0.2, 0) is 16.0 Å². The molecule has 5 nitrogen and oxygen atoms in total. The Labute approximate surface area is 132 Å².